The van der Waals surface area contributed by atoms with Crippen molar-refractivity contribution in [2.75, 3.05) is 27.2 Å². The first-order valence-corrected chi connectivity index (χ1v) is 7.26. The third-order valence-electron chi connectivity index (χ3n) is 3.59. The molecule has 9 nitrogen and oxygen atoms in total. The molecule has 2 rings (SSSR count). The van der Waals surface area contributed by atoms with Gasteiger partial charge in [0.1, 0.15) is 5.69 Å². The van der Waals surface area contributed by atoms with Crippen LogP contribution in [0.5, 0.6) is 0 Å². The number of carbonyl (C=O) groups excluding carboxylic acids is 2. The van der Waals surface area contributed by atoms with E-state index >= 15 is 0 Å². The predicted octanol–water partition coefficient (Wildman–Crippen LogP) is -0.485. The van der Waals surface area contributed by atoms with Gasteiger partial charge in [-0.1, -0.05) is 5.21 Å². The highest BCUT2D eigenvalue weighted by molar-refractivity contribution is 5.82. The summed E-state index contributed by atoms with van der Waals surface area (Å²) in [7, 11) is 2.97. The third-order valence-corrected chi connectivity index (χ3v) is 3.59. The standard InChI is InChI=1S/C13H22N6O3/c1-4-14-12(20)11-5-10(6-15-11)19-8-9(16-17-19)7-18(2)13(21)22-3/h8,10-11,15H,4-7H2,1-3H3,(H,14,20)/t10-,11-/m0/s1. The maximum Gasteiger partial charge on any atom is 0.409 e. The Kier molecular flexibility index (Phi) is 5.31. The van der Waals surface area contributed by atoms with Crippen LogP contribution in [0.4, 0.5) is 4.79 Å². The minimum Gasteiger partial charge on any atom is -0.453 e. The Morgan fingerprint density at radius 2 is 2.36 bits per heavy atom. The number of carbonyl (C=O) groups is 2. The normalized spacial score (nSPS) is 20.7. The lowest BCUT2D eigenvalue weighted by atomic mass is 10.1. The second kappa shape index (κ2) is 7.21. The minimum atomic E-state index is -0.423. The number of amides is 2. The highest BCUT2D eigenvalue weighted by atomic mass is 16.5. The Morgan fingerprint density at radius 1 is 1.59 bits per heavy atom. The molecule has 1 aliphatic heterocycles. The summed E-state index contributed by atoms with van der Waals surface area (Å²) in [5.41, 5.74) is 0.675. The van der Waals surface area contributed by atoms with Gasteiger partial charge in [0.25, 0.3) is 0 Å². The van der Waals surface area contributed by atoms with Gasteiger partial charge in [-0.3, -0.25) is 4.79 Å². The molecule has 0 spiro atoms. The molecule has 0 saturated carbocycles. The summed E-state index contributed by atoms with van der Waals surface area (Å²) in [4.78, 5) is 24.6. The van der Waals surface area contributed by atoms with Crippen molar-refractivity contribution in [3.8, 4) is 0 Å². The molecular formula is C13H22N6O3. The molecule has 2 N–H and O–H groups in total. The molecule has 0 bridgehead atoms. The van der Waals surface area contributed by atoms with Crippen molar-refractivity contribution in [2.45, 2.75) is 32.0 Å². The summed E-state index contributed by atoms with van der Waals surface area (Å²) in [5, 5.41) is 14.1. The van der Waals surface area contributed by atoms with Crippen molar-refractivity contribution < 1.29 is 14.3 Å². The van der Waals surface area contributed by atoms with Crippen LogP contribution in [0.15, 0.2) is 6.20 Å². The van der Waals surface area contributed by atoms with E-state index in [2.05, 4.69) is 25.7 Å². The van der Waals surface area contributed by atoms with E-state index in [-0.39, 0.29) is 18.0 Å². The zero-order chi connectivity index (χ0) is 16.1. The lowest BCUT2D eigenvalue weighted by molar-refractivity contribution is -0.122. The molecule has 122 valence electrons. The van der Waals surface area contributed by atoms with Crippen LogP contribution in [0.2, 0.25) is 0 Å². The molecular weight excluding hydrogens is 288 g/mol. The maximum atomic E-state index is 11.8. The lowest BCUT2D eigenvalue weighted by Crippen LogP contribution is -2.40. The molecule has 2 atom stereocenters. The monoisotopic (exact) mass is 310 g/mol. The Hall–Kier alpha value is -2.16. The zero-order valence-electron chi connectivity index (χ0n) is 13.1. The number of nitrogens with one attached hydrogen (secondary N) is 2. The summed E-state index contributed by atoms with van der Waals surface area (Å²) < 4.78 is 6.37. The zero-order valence-corrected chi connectivity index (χ0v) is 13.1. The predicted molar refractivity (Wildman–Crippen MR) is 78.0 cm³/mol. The largest absolute Gasteiger partial charge is 0.453 e. The number of methoxy groups -OCH3 is 1. The van der Waals surface area contributed by atoms with E-state index in [4.69, 9.17) is 0 Å². The Balaban J connectivity index is 1.92. The van der Waals surface area contributed by atoms with Gasteiger partial charge in [0.2, 0.25) is 5.91 Å². The molecule has 1 aromatic heterocycles. The molecule has 0 aliphatic carbocycles. The first-order chi connectivity index (χ1) is 10.5. The van der Waals surface area contributed by atoms with Gasteiger partial charge in [0.15, 0.2) is 0 Å². The molecule has 2 amide bonds. The number of hydrogen-bond acceptors (Lipinski definition) is 6. The fourth-order valence-corrected chi connectivity index (χ4v) is 2.44. The molecule has 1 saturated heterocycles. The van der Waals surface area contributed by atoms with Gasteiger partial charge in [-0.25, -0.2) is 9.48 Å². The summed E-state index contributed by atoms with van der Waals surface area (Å²) in [5.74, 6) is 0.00997. The molecule has 0 aromatic carbocycles. The van der Waals surface area contributed by atoms with E-state index in [0.29, 0.717) is 31.7 Å². The molecule has 1 aliphatic rings. The summed E-state index contributed by atoms with van der Waals surface area (Å²) in [6.07, 6.45) is 2.04. The van der Waals surface area contributed by atoms with E-state index < -0.39 is 6.09 Å². The van der Waals surface area contributed by atoms with E-state index in [1.54, 1.807) is 17.9 Å². The second-order valence-corrected chi connectivity index (χ2v) is 5.26. The summed E-state index contributed by atoms with van der Waals surface area (Å²) in [6, 6.07) is -0.118. The van der Waals surface area contributed by atoms with Gasteiger partial charge >= 0.3 is 6.09 Å². The number of hydrogen-bond donors (Lipinski definition) is 2. The number of aromatic nitrogens is 3. The van der Waals surface area contributed by atoms with Crippen molar-refractivity contribution in [1.29, 1.82) is 0 Å². The van der Waals surface area contributed by atoms with E-state index in [1.165, 1.54) is 12.0 Å². The second-order valence-electron chi connectivity index (χ2n) is 5.26. The van der Waals surface area contributed by atoms with Gasteiger partial charge in [-0.15, -0.1) is 5.10 Å². The Bertz CT molecular complexity index is 532. The van der Waals surface area contributed by atoms with Crippen LogP contribution >= 0.6 is 0 Å². The van der Waals surface area contributed by atoms with Crippen LogP contribution in [-0.2, 0) is 16.1 Å². The van der Waals surface area contributed by atoms with Crippen LogP contribution in [0.3, 0.4) is 0 Å². The topological polar surface area (TPSA) is 101 Å². The van der Waals surface area contributed by atoms with Gasteiger partial charge in [-0.2, -0.15) is 0 Å². The molecule has 0 radical (unpaired) electrons. The molecule has 2 heterocycles. The average molecular weight is 310 g/mol. The van der Waals surface area contributed by atoms with Crippen molar-refractivity contribution in [2.24, 2.45) is 0 Å². The maximum absolute atomic E-state index is 11.8. The highest BCUT2D eigenvalue weighted by Gasteiger charge is 2.30. The lowest BCUT2D eigenvalue weighted by Gasteiger charge is -2.13. The van der Waals surface area contributed by atoms with E-state index in [1.807, 2.05) is 6.92 Å². The van der Waals surface area contributed by atoms with Crippen LogP contribution < -0.4 is 10.6 Å². The first kappa shape index (κ1) is 16.2. The van der Waals surface area contributed by atoms with Crippen LogP contribution in [-0.4, -0.2) is 65.2 Å². The minimum absolute atomic E-state index is 0.00997. The van der Waals surface area contributed by atoms with Crippen molar-refractivity contribution in [1.82, 2.24) is 30.5 Å². The third kappa shape index (κ3) is 3.73. The smallest absolute Gasteiger partial charge is 0.409 e. The van der Waals surface area contributed by atoms with Crippen LogP contribution in [0.25, 0.3) is 0 Å². The van der Waals surface area contributed by atoms with E-state index in [0.717, 1.165) is 0 Å². The van der Waals surface area contributed by atoms with Gasteiger partial charge in [0, 0.05) is 20.1 Å². The molecule has 1 fully saturated rings. The van der Waals surface area contributed by atoms with Crippen molar-refractivity contribution in [3.05, 3.63) is 11.9 Å². The van der Waals surface area contributed by atoms with Gasteiger partial charge in [-0.05, 0) is 13.3 Å². The number of likely N-dealkylation sites (N-methyl/N-ethyl adjacent to an activating group) is 1. The molecule has 9 heteroatoms. The SMILES string of the molecule is CCNC(=O)[C@@H]1C[C@H](n2cc(CN(C)C(=O)OC)nn2)CN1. The highest BCUT2D eigenvalue weighted by Crippen LogP contribution is 2.19. The fourth-order valence-electron chi connectivity index (χ4n) is 2.44. The first-order valence-electron chi connectivity index (χ1n) is 7.26. The summed E-state index contributed by atoms with van der Waals surface area (Å²) in [6.45, 7) is 3.50. The van der Waals surface area contributed by atoms with Crippen LogP contribution in [0.1, 0.15) is 25.1 Å². The van der Waals surface area contributed by atoms with Gasteiger partial charge < -0.3 is 20.3 Å². The van der Waals surface area contributed by atoms with Crippen molar-refractivity contribution >= 4 is 12.0 Å². The Labute approximate surface area is 129 Å². The van der Waals surface area contributed by atoms with Crippen molar-refractivity contribution in [3.63, 3.8) is 0 Å². The van der Waals surface area contributed by atoms with Crippen LogP contribution in [0, 0.1) is 0 Å². The molecule has 0 unspecified atom stereocenters. The van der Waals surface area contributed by atoms with Gasteiger partial charge in [0.05, 0.1) is 31.9 Å². The fraction of sp³-hybridized carbons (Fsp3) is 0.692. The summed E-state index contributed by atoms with van der Waals surface area (Å²) >= 11 is 0. The average Bonchev–Trinajstić information content (AvgIpc) is 3.15. The quantitative estimate of drug-likeness (QED) is 0.761. The number of nitrogens with zero attached hydrogens (tertiary/aromatic N) is 4. The Morgan fingerprint density at radius 3 is 3.05 bits per heavy atom. The molecule has 22 heavy (non-hydrogen) atoms. The number of rotatable bonds is 5. The number of ether oxygens (including phenoxy) is 1. The van der Waals surface area contributed by atoms with E-state index in [9.17, 15) is 9.59 Å². The molecule has 1 aromatic rings.